The van der Waals surface area contributed by atoms with Gasteiger partial charge in [0.15, 0.2) is 0 Å². The van der Waals surface area contributed by atoms with Crippen LogP contribution in [-0.2, 0) is 4.79 Å². The van der Waals surface area contributed by atoms with Crippen molar-refractivity contribution in [3.05, 3.63) is 71.5 Å². The molecule has 0 unspecified atom stereocenters. The van der Waals surface area contributed by atoms with Crippen LogP contribution >= 0.6 is 0 Å². The molecule has 0 aliphatic carbocycles. The van der Waals surface area contributed by atoms with Gasteiger partial charge in [-0.05, 0) is 68.4 Å². The van der Waals surface area contributed by atoms with Crippen LogP contribution in [0.4, 0.5) is 11.4 Å². The van der Waals surface area contributed by atoms with E-state index in [2.05, 4.69) is 15.7 Å². The van der Waals surface area contributed by atoms with Gasteiger partial charge in [0.25, 0.3) is 5.91 Å². The van der Waals surface area contributed by atoms with E-state index in [1.165, 1.54) is 6.92 Å². The lowest BCUT2D eigenvalue weighted by atomic mass is 10.2. The first kappa shape index (κ1) is 17.4. The van der Waals surface area contributed by atoms with Gasteiger partial charge in [0.2, 0.25) is 5.91 Å². The third-order valence-electron chi connectivity index (χ3n) is 3.85. The summed E-state index contributed by atoms with van der Waals surface area (Å²) >= 11 is 0. The highest BCUT2D eigenvalue weighted by Gasteiger charge is 2.08. The molecule has 3 aromatic rings. The van der Waals surface area contributed by atoms with E-state index in [-0.39, 0.29) is 11.8 Å². The van der Waals surface area contributed by atoms with E-state index >= 15 is 0 Å². The molecule has 2 aromatic carbocycles. The first-order valence-electron chi connectivity index (χ1n) is 8.25. The van der Waals surface area contributed by atoms with Crippen molar-refractivity contribution >= 4 is 23.2 Å². The minimum atomic E-state index is -0.197. The molecule has 6 heteroatoms. The first-order valence-corrected chi connectivity index (χ1v) is 8.25. The number of carbonyl (C=O) groups is 2. The number of hydrogen-bond acceptors (Lipinski definition) is 3. The molecule has 1 heterocycles. The summed E-state index contributed by atoms with van der Waals surface area (Å²) in [6.45, 7) is 5.39. The topological polar surface area (TPSA) is 76.0 Å². The smallest absolute Gasteiger partial charge is 0.255 e. The van der Waals surface area contributed by atoms with Crippen molar-refractivity contribution < 1.29 is 9.59 Å². The van der Waals surface area contributed by atoms with Crippen LogP contribution in [0.1, 0.15) is 28.7 Å². The normalized spacial score (nSPS) is 10.4. The van der Waals surface area contributed by atoms with Crippen molar-refractivity contribution in [3.8, 4) is 5.69 Å². The van der Waals surface area contributed by atoms with Crippen LogP contribution in [0.2, 0.25) is 0 Å². The summed E-state index contributed by atoms with van der Waals surface area (Å²) in [5.74, 6) is -0.332. The second-order valence-corrected chi connectivity index (χ2v) is 6.10. The molecule has 0 aliphatic rings. The van der Waals surface area contributed by atoms with E-state index in [4.69, 9.17) is 0 Å². The van der Waals surface area contributed by atoms with E-state index in [9.17, 15) is 9.59 Å². The van der Waals surface area contributed by atoms with Gasteiger partial charge in [-0.3, -0.25) is 9.59 Å². The maximum Gasteiger partial charge on any atom is 0.255 e. The summed E-state index contributed by atoms with van der Waals surface area (Å²) in [7, 11) is 0. The minimum Gasteiger partial charge on any atom is -0.326 e. The molecule has 0 radical (unpaired) electrons. The van der Waals surface area contributed by atoms with Crippen LogP contribution in [0, 0.1) is 13.8 Å². The number of rotatable bonds is 4. The average Bonchev–Trinajstić information content (AvgIpc) is 2.94. The quantitative estimate of drug-likeness (QED) is 0.755. The van der Waals surface area contributed by atoms with Gasteiger partial charge in [-0.15, -0.1) is 0 Å². The Morgan fingerprint density at radius 3 is 1.96 bits per heavy atom. The number of aryl methyl sites for hydroxylation is 2. The lowest BCUT2D eigenvalue weighted by Crippen LogP contribution is -2.12. The molecule has 0 aliphatic heterocycles. The number of amides is 2. The second kappa shape index (κ2) is 7.23. The molecule has 3 rings (SSSR count). The van der Waals surface area contributed by atoms with Gasteiger partial charge in [-0.1, -0.05) is 0 Å². The Balaban J connectivity index is 1.70. The van der Waals surface area contributed by atoms with Crippen molar-refractivity contribution in [2.45, 2.75) is 20.8 Å². The number of nitrogens with zero attached hydrogens (tertiary/aromatic N) is 2. The molecular weight excluding hydrogens is 328 g/mol. The Morgan fingerprint density at radius 1 is 0.885 bits per heavy atom. The monoisotopic (exact) mass is 348 g/mol. The van der Waals surface area contributed by atoms with Crippen LogP contribution in [0.5, 0.6) is 0 Å². The molecule has 0 fully saturated rings. The lowest BCUT2D eigenvalue weighted by Gasteiger charge is -2.08. The van der Waals surface area contributed by atoms with Gasteiger partial charge in [-0.25, -0.2) is 4.68 Å². The summed E-state index contributed by atoms with van der Waals surface area (Å²) in [5.41, 5.74) is 4.80. The van der Waals surface area contributed by atoms with Gasteiger partial charge >= 0.3 is 0 Å². The lowest BCUT2D eigenvalue weighted by molar-refractivity contribution is -0.114. The fourth-order valence-corrected chi connectivity index (χ4v) is 2.69. The summed E-state index contributed by atoms with van der Waals surface area (Å²) in [5, 5.41) is 9.96. The van der Waals surface area contributed by atoms with Crippen molar-refractivity contribution in [2.75, 3.05) is 10.6 Å². The number of nitrogens with one attached hydrogen (secondary N) is 2. The van der Waals surface area contributed by atoms with Crippen LogP contribution < -0.4 is 10.6 Å². The SMILES string of the molecule is CC(=O)Nc1ccc(NC(=O)c2ccc(-n3nc(C)cc3C)cc2)cc1. The average molecular weight is 348 g/mol. The Hall–Kier alpha value is -3.41. The highest BCUT2D eigenvalue weighted by atomic mass is 16.2. The molecule has 0 bridgehead atoms. The predicted molar refractivity (Wildman–Crippen MR) is 102 cm³/mol. The van der Waals surface area contributed by atoms with E-state index in [1.54, 1.807) is 36.4 Å². The molecule has 132 valence electrons. The molecule has 0 spiro atoms. The van der Waals surface area contributed by atoms with Crippen molar-refractivity contribution in [1.82, 2.24) is 9.78 Å². The zero-order valence-electron chi connectivity index (χ0n) is 14.9. The third-order valence-corrected chi connectivity index (χ3v) is 3.85. The minimum absolute atomic E-state index is 0.135. The maximum absolute atomic E-state index is 12.4. The Labute approximate surface area is 151 Å². The standard InChI is InChI=1S/C20H20N4O2/c1-13-12-14(2)24(23-13)19-10-4-16(5-11-19)20(26)22-18-8-6-17(7-9-18)21-15(3)25/h4-12H,1-3H3,(H,21,25)(H,22,26). The summed E-state index contributed by atoms with van der Waals surface area (Å²) < 4.78 is 1.85. The van der Waals surface area contributed by atoms with E-state index in [1.807, 2.05) is 36.7 Å². The number of aromatic nitrogens is 2. The summed E-state index contributed by atoms with van der Waals surface area (Å²) in [4.78, 5) is 23.4. The predicted octanol–water partition coefficient (Wildman–Crippen LogP) is 3.70. The number of benzene rings is 2. The Morgan fingerprint density at radius 2 is 1.46 bits per heavy atom. The highest BCUT2D eigenvalue weighted by molar-refractivity contribution is 6.04. The van der Waals surface area contributed by atoms with Gasteiger partial charge in [0.1, 0.15) is 0 Å². The van der Waals surface area contributed by atoms with Gasteiger partial charge in [-0.2, -0.15) is 5.10 Å². The van der Waals surface area contributed by atoms with Crippen LogP contribution in [0.25, 0.3) is 5.69 Å². The van der Waals surface area contributed by atoms with Crippen LogP contribution in [0.15, 0.2) is 54.6 Å². The van der Waals surface area contributed by atoms with Gasteiger partial charge < -0.3 is 10.6 Å². The fraction of sp³-hybridized carbons (Fsp3) is 0.150. The number of hydrogen-bond donors (Lipinski definition) is 2. The number of carbonyl (C=O) groups excluding carboxylic acids is 2. The zero-order chi connectivity index (χ0) is 18.7. The van der Waals surface area contributed by atoms with Crippen molar-refractivity contribution in [3.63, 3.8) is 0 Å². The molecule has 2 amide bonds. The molecule has 1 aromatic heterocycles. The Kier molecular flexibility index (Phi) is 4.84. The molecule has 0 saturated carbocycles. The molecule has 0 atom stereocenters. The zero-order valence-corrected chi connectivity index (χ0v) is 14.9. The molecule has 6 nitrogen and oxygen atoms in total. The fourth-order valence-electron chi connectivity index (χ4n) is 2.69. The summed E-state index contributed by atoms with van der Waals surface area (Å²) in [6.07, 6.45) is 0. The highest BCUT2D eigenvalue weighted by Crippen LogP contribution is 2.16. The van der Waals surface area contributed by atoms with E-state index in [0.29, 0.717) is 16.9 Å². The number of anilines is 2. The second-order valence-electron chi connectivity index (χ2n) is 6.10. The van der Waals surface area contributed by atoms with Crippen LogP contribution in [0.3, 0.4) is 0 Å². The van der Waals surface area contributed by atoms with E-state index < -0.39 is 0 Å². The van der Waals surface area contributed by atoms with Gasteiger partial charge in [0.05, 0.1) is 11.4 Å². The molecule has 2 N–H and O–H groups in total. The molecule has 0 saturated heterocycles. The van der Waals surface area contributed by atoms with Crippen LogP contribution in [-0.4, -0.2) is 21.6 Å². The first-order chi connectivity index (χ1) is 12.4. The maximum atomic E-state index is 12.4. The van der Waals surface area contributed by atoms with Crippen molar-refractivity contribution in [1.29, 1.82) is 0 Å². The third kappa shape index (κ3) is 3.97. The van der Waals surface area contributed by atoms with Crippen molar-refractivity contribution in [2.24, 2.45) is 0 Å². The molecular formula is C20H20N4O2. The Bertz CT molecular complexity index is 941. The van der Waals surface area contributed by atoms with E-state index in [0.717, 1.165) is 17.1 Å². The summed E-state index contributed by atoms with van der Waals surface area (Å²) in [6, 6.07) is 16.3. The largest absolute Gasteiger partial charge is 0.326 e. The van der Waals surface area contributed by atoms with Gasteiger partial charge in [0, 0.05) is 29.6 Å². The molecule has 26 heavy (non-hydrogen) atoms.